The van der Waals surface area contributed by atoms with Crippen molar-refractivity contribution in [3.05, 3.63) is 29.3 Å². The Labute approximate surface area is 126 Å². The lowest BCUT2D eigenvalue weighted by atomic mass is 10.1. The number of rotatable bonds is 8. The van der Waals surface area contributed by atoms with Gasteiger partial charge in [-0.2, -0.15) is 5.26 Å². The maximum atomic E-state index is 11.9. The van der Waals surface area contributed by atoms with Crippen LogP contribution in [0.4, 0.5) is 0 Å². The molecule has 0 bridgehead atoms. The molecule has 5 heteroatoms. The van der Waals surface area contributed by atoms with Gasteiger partial charge in [-0.15, -0.1) is 0 Å². The summed E-state index contributed by atoms with van der Waals surface area (Å²) in [6.45, 7) is 6.63. The smallest absolute Gasteiger partial charge is 0.223 e. The van der Waals surface area contributed by atoms with Gasteiger partial charge >= 0.3 is 0 Å². The van der Waals surface area contributed by atoms with E-state index in [9.17, 15) is 4.79 Å². The number of carbonyl (C=O) groups is 1. The van der Waals surface area contributed by atoms with Crippen molar-refractivity contribution in [2.75, 3.05) is 26.7 Å². The lowest BCUT2D eigenvalue weighted by Crippen LogP contribution is -2.32. The summed E-state index contributed by atoms with van der Waals surface area (Å²) in [6, 6.07) is 7.43. The van der Waals surface area contributed by atoms with Crippen LogP contribution in [0.25, 0.3) is 0 Å². The molecule has 1 N–H and O–H groups in total. The number of nitriles is 1. The lowest BCUT2D eigenvalue weighted by molar-refractivity contribution is -0.130. The third-order valence-corrected chi connectivity index (χ3v) is 3.36. The molecule has 5 nitrogen and oxygen atoms in total. The topological polar surface area (TPSA) is 65.4 Å². The normalized spacial score (nSPS) is 10.0. The molecule has 0 unspecified atom stereocenters. The van der Waals surface area contributed by atoms with E-state index < -0.39 is 0 Å². The third kappa shape index (κ3) is 5.09. The van der Waals surface area contributed by atoms with Crippen molar-refractivity contribution in [1.29, 1.82) is 5.26 Å². The molecule has 0 atom stereocenters. The van der Waals surface area contributed by atoms with Crippen LogP contribution in [0.1, 0.15) is 31.4 Å². The van der Waals surface area contributed by atoms with Crippen LogP contribution in [0.2, 0.25) is 0 Å². The van der Waals surface area contributed by atoms with Gasteiger partial charge in [0.15, 0.2) is 0 Å². The minimum Gasteiger partial charge on any atom is -0.496 e. The fourth-order valence-corrected chi connectivity index (χ4v) is 2.14. The fourth-order valence-electron chi connectivity index (χ4n) is 2.14. The van der Waals surface area contributed by atoms with Crippen molar-refractivity contribution in [3.63, 3.8) is 0 Å². The van der Waals surface area contributed by atoms with Crippen LogP contribution in [-0.2, 0) is 11.3 Å². The molecule has 0 heterocycles. The van der Waals surface area contributed by atoms with E-state index in [1.54, 1.807) is 25.3 Å². The third-order valence-electron chi connectivity index (χ3n) is 3.36. The van der Waals surface area contributed by atoms with Gasteiger partial charge in [-0.1, -0.05) is 0 Å². The van der Waals surface area contributed by atoms with Gasteiger partial charge in [0.2, 0.25) is 5.91 Å². The van der Waals surface area contributed by atoms with Gasteiger partial charge in [0.25, 0.3) is 0 Å². The first-order valence-electron chi connectivity index (χ1n) is 7.21. The molecule has 0 fully saturated rings. The van der Waals surface area contributed by atoms with Crippen LogP contribution in [0.3, 0.4) is 0 Å². The highest BCUT2D eigenvalue weighted by molar-refractivity contribution is 5.76. The van der Waals surface area contributed by atoms with Gasteiger partial charge in [0.05, 0.1) is 18.7 Å². The van der Waals surface area contributed by atoms with Crippen molar-refractivity contribution in [2.45, 2.75) is 26.8 Å². The van der Waals surface area contributed by atoms with E-state index in [1.165, 1.54) is 0 Å². The summed E-state index contributed by atoms with van der Waals surface area (Å²) in [4.78, 5) is 13.7. The summed E-state index contributed by atoms with van der Waals surface area (Å²) in [7, 11) is 1.61. The predicted molar refractivity (Wildman–Crippen MR) is 82.0 cm³/mol. The minimum atomic E-state index is 0.158. The Morgan fingerprint density at radius 1 is 1.38 bits per heavy atom. The Bertz CT molecular complexity index is 505. The van der Waals surface area contributed by atoms with Crippen LogP contribution in [0, 0.1) is 11.3 Å². The van der Waals surface area contributed by atoms with Crippen LogP contribution in [0.15, 0.2) is 18.2 Å². The van der Waals surface area contributed by atoms with Crippen LogP contribution < -0.4 is 10.1 Å². The number of nitrogens with one attached hydrogen (secondary N) is 1. The molecule has 0 aromatic heterocycles. The SMILES string of the molecule is CCN(CC)C(=O)CCNCc1cc(C#N)ccc1OC. The highest BCUT2D eigenvalue weighted by Crippen LogP contribution is 2.19. The Morgan fingerprint density at radius 2 is 2.10 bits per heavy atom. The molecule has 0 aliphatic rings. The van der Waals surface area contributed by atoms with E-state index in [-0.39, 0.29) is 5.91 Å². The quantitative estimate of drug-likeness (QED) is 0.743. The Morgan fingerprint density at radius 3 is 2.67 bits per heavy atom. The average molecular weight is 289 g/mol. The zero-order valence-corrected chi connectivity index (χ0v) is 13.0. The van der Waals surface area contributed by atoms with Crippen LogP contribution >= 0.6 is 0 Å². The number of ether oxygens (including phenoxy) is 1. The number of amides is 1. The van der Waals surface area contributed by atoms with Crippen LogP contribution in [0.5, 0.6) is 5.75 Å². The second-order valence-corrected chi connectivity index (χ2v) is 4.63. The number of hydrogen-bond donors (Lipinski definition) is 1. The van der Waals surface area contributed by atoms with Gasteiger partial charge in [0, 0.05) is 38.2 Å². The Hall–Kier alpha value is -2.06. The van der Waals surface area contributed by atoms with Crippen molar-refractivity contribution >= 4 is 5.91 Å². The largest absolute Gasteiger partial charge is 0.496 e. The Balaban J connectivity index is 2.49. The summed E-state index contributed by atoms with van der Waals surface area (Å²) in [5.74, 6) is 0.904. The summed E-state index contributed by atoms with van der Waals surface area (Å²) in [6.07, 6.45) is 0.474. The van der Waals surface area contributed by atoms with Crippen molar-refractivity contribution in [2.24, 2.45) is 0 Å². The zero-order chi connectivity index (χ0) is 15.7. The van der Waals surface area contributed by atoms with Gasteiger partial charge in [-0.25, -0.2) is 0 Å². The molecule has 1 amide bonds. The lowest BCUT2D eigenvalue weighted by Gasteiger charge is -2.18. The minimum absolute atomic E-state index is 0.158. The molecule has 1 aromatic rings. The van der Waals surface area contributed by atoms with E-state index in [2.05, 4.69) is 11.4 Å². The molecule has 1 aromatic carbocycles. The summed E-state index contributed by atoms with van der Waals surface area (Å²) >= 11 is 0. The first kappa shape index (κ1) is 17.0. The van der Waals surface area contributed by atoms with E-state index in [1.807, 2.05) is 18.7 Å². The standard InChI is InChI=1S/C16H23N3O2/c1-4-19(5-2)16(20)8-9-18-12-14-10-13(11-17)6-7-15(14)21-3/h6-7,10,18H,4-5,8-9,12H2,1-3H3. The molecule has 114 valence electrons. The number of carbonyl (C=O) groups excluding carboxylic acids is 1. The molecule has 0 aliphatic heterocycles. The molecule has 0 radical (unpaired) electrons. The van der Waals surface area contributed by atoms with Gasteiger partial charge in [-0.3, -0.25) is 4.79 Å². The van der Waals surface area contributed by atoms with Gasteiger partial charge in [0.1, 0.15) is 5.75 Å². The van der Waals surface area contributed by atoms with Crippen molar-refractivity contribution in [3.8, 4) is 11.8 Å². The molecular formula is C16H23N3O2. The van der Waals surface area contributed by atoms with Crippen LogP contribution in [-0.4, -0.2) is 37.6 Å². The second-order valence-electron chi connectivity index (χ2n) is 4.63. The molecule has 21 heavy (non-hydrogen) atoms. The van der Waals surface area contributed by atoms with E-state index >= 15 is 0 Å². The predicted octanol–water partition coefficient (Wildman–Crippen LogP) is 1.91. The van der Waals surface area contributed by atoms with E-state index in [0.717, 1.165) is 24.4 Å². The molecule has 0 saturated carbocycles. The highest BCUT2D eigenvalue weighted by Gasteiger charge is 2.09. The molecule has 0 saturated heterocycles. The van der Waals surface area contributed by atoms with Crippen molar-refractivity contribution in [1.82, 2.24) is 10.2 Å². The maximum absolute atomic E-state index is 11.9. The van der Waals surface area contributed by atoms with Gasteiger partial charge in [-0.05, 0) is 32.0 Å². The van der Waals surface area contributed by atoms with Crippen molar-refractivity contribution < 1.29 is 9.53 Å². The molecule has 0 spiro atoms. The first-order chi connectivity index (χ1) is 10.2. The van der Waals surface area contributed by atoms with Gasteiger partial charge < -0.3 is 15.0 Å². The fraction of sp³-hybridized carbons (Fsp3) is 0.500. The summed E-state index contributed by atoms with van der Waals surface area (Å²) in [5, 5.41) is 12.1. The molecular weight excluding hydrogens is 266 g/mol. The number of methoxy groups -OCH3 is 1. The first-order valence-corrected chi connectivity index (χ1v) is 7.21. The number of nitrogens with zero attached hydrogens (tertiary/aromatic N) is 2. The average Bonchev–Trinajstić information content (AvgIpc) is 2.52. The van der Waals surface area contributed by atoms with E-state index in [0.29, 0.717) is 25.1 Å². The molecule has 1 rings (SSSR count). The number of benzene rings is 1. The molecule has 0 aliphatic carbocycles. The maximum Gasteiger partial charge on any atom is 0.223 e. The summed E-state index contributed by atoms with van der Waals surface area (Å²) in [5.41, 5.74) is 1.53. The monoisotopic (exact) mass is 289 g/mol. The number of hydrogen-bond acceptors (Lipinski definition) is 4. The zero-order valence-electron chi connectivity index (χ0n) is 13.0. The second kappa shape index (κ2) is 8.98. The van der Waals surface area contributed by atoms with E-state index in [4.69, 9.17) is 10.00 Å². The Kier molecular flexibility index (Phi) is 7.27. The highest BCUT2D eigenvalue weighted by atomic mass is 16.5. The summed E-state index contributed by atoms with van der Waals surface area (Å²) < 4.78 is 5.27.